The minimum absolute atomic E-state index is 0.0748. The Morgan fingerprint density at radius 1 is 1.59 bits per heavy atom. The number of ketones is 1. The highest BCUT2D eigenvalue weighted by atomic mass is 35.5. The largest absolute Gasteiger partial charge is 0.392 e. The Labute approximate surface area is 107 Å². The second-order valence-electron chi connectivity index (χ2n) is 3.41. The Hall–Kier alpha value is -1.30. The van der Waals surface area contributed by atoms with Crippen LogP contribution in [0.3, 0.4) is 0 Å². The van der Waals surface area contributed by atoms with E-state index in [1.165, 1.54) is 23.9 Å². The molecule has 1 N–H and O–H groups in total. The van der Waals surface area contributed by atoms with Crippen molar-refractivity contribution in [2.45, 2.75) is 13.5 Å². The average molecular weight is 269 g/mol. The quantitative estimate of drug-likeness (QED) is 0.685. The maximum absolute atomic E-state index is 12.1. The Bertz CT molecular complexity index is 568. The Morgan fingerprint density at radius 3 is 2.94 bits per heavy atom. The standard InChI is InChI=1S/C11H9ClN2O2S/c1-6-7(4-15)2-9(17-6)10(16)8-3-13-5-14-11(8)12/h2-3,5,15H,4H2,1H3. The van der Waals surface area contributed by atoms with E-state index in [1.54, 1.807) is 6.07 Å². The van der Waals surface area contributed by atoms with Gasteiger partial charge < -0.3 is 5.11 Å². The number of carbonyl (C=O) groups is 1. The summed E-state index contributed by atoms with van der Waals surface area (Å²) in [5, 5.41) is 9.22. The molecule has 0 atom stereocenters. The van der Waals surface area contributed by atoms with Crippen LogP contribution in [0.1, 0.15) is 25.7 Å². The minimum Gasteiger partial charge on any atom is -0.392 e. The Morgan fingerprint density at radius 2 is 2.35 bits per heavy atom. The van der Waals surface area contributed by atoms with Crippen molar-refractivity contribution in [3.05, 3.63) is 44.6 Å². The number of hydrogen-bond acceptors (Lipinski definition) is 5. The van der Waals surface area contributed by atoms with Crippen LogP contribution in [0, 0.1) is 6.92 Å². The fraction of sp³-hybridized carbons (Fsp3) is 0.182. The summed E-state index contributed by atoms with van der Waals surface area (Å²) in [6.07, 6.45) is 2.68. The van der Waals surface area contributed by atoms with Crippen molar-refractivity contribution in [3.63, 3.8) is 0 Å². The molecule has 0 amide bonds. The van der Waals surface area contributed by atoms with Crippen molar-refractivity contribution in [3.8, 4) is 0 Å². The maximum atomic E-state index is 12.1. The van der Waals surface area contributed by atoms with E-state index in [9.17, 15) is 4.79 Å². The first-order chi connectivity index (χ1) is 8.13. The molecule has 88 valence electrons. The smallest absolute Gasteiger partial charge is 0.207 e. The second-order valence-corrected chi connectivity index (χ2v) is 5.02. The highest BCUT2D eigenvalue weighted by Gasteiger charge is 2.17. The summed E-state index contributed by atoms with van der Waals surface area (Å²) in [6.45, 7) is 1.78. The summed E-state index contributed by atoms with van der Waals surface area (Å²) in [4.78, 5) is 21.1. The molecule has 0 bridgehead atoms. The van der Waals surface area contributed by atoms with Crippen molar-refractivity contribution in [1.29, 1.82) is 0 Å². The fourth-order valence-corrected chi connectivity index (χ4v) is 2.55. The number of aliphatic hydroxyl groups excluding tert-OH is 1. The van der Waals surface area contributed by atoms with Gasteiger partial charge in [0.25, 0.3) is 0 Å². The molecule has 0 aliphatic heterocycles. The molecule has 0 aliphatic rings. The van der Waals surface area contributed by atoms with Crippen LogP contribution in [0.25, 0.3) is 0 Å². The number of halogens is 1. The zero-order valence-corrected chi connectivity index (χ0v) is 10.5. The van der Waals surface area contributed by atoms with Gasteiger partial charge in [0.1, 0.15) is 11.5 Å². The van der Waals surface area contributed by atoms with Crippen LogP contribution in [0.15, 0.2) is 18.6 Å². The van der Waals surface area contributed by atoms with Gasteiger partial charge in [-0.2, -0.15) is 0 Å². The van der Waals surface area contributed by atoms with Crippen LogP contribution in [0.5, 0.6) is 0 Å². The summed E-state index contributed by atoms with van der Waals surface area (Å²) >= 11 is 7.16. The number of aliphatic hydroxyl groups is 1. The highest BCUT2D eigenvalue weighted by Crippen LogP contribution is 2.25. The normalized spacial score (nSPS) is 10.5. The monoisotopic (exact) mass is 268 g/mol. The number of thiophene rings is 1. The number of carbonyl (C=O) groups excluding carboxylic acids is 1. The second kappa shape index (κ2) is 4.91. The van der Waals surface area contributed by atoms with Gasteiger partial charge >= 0.3 is 0 Å². The van der Waals surface area contributed by atoms with E-state index in [0.717, 1.165) is 10.4 Å². The lowest BCUT2D eigenvalue weighted by Crippen LogP contribution is -2.01. The molecule has 2 heterocycles. The highest BCUT2D eigenvalue weighted by molar-refractivity contribution is 7.14. The number of nitrogens with zero attached hydrogens (tertiary/aromatic N) is 2. The zero-order valence-electron chi connectivity index (χ0n) is 8.98. The van der Waals surface area contributed by atoms with Crippen LogP contribution in [-0.4, -0.2) is 20.9 Å². The summed E-state index contributed by atoms with van der Waals surface area (Å²) in [7, 11) is 0. The van der Waals surface area contributed by atoms with E-state index in [1.807, 2.05) is 6.92 Å². The van der Waals surface area contributed by atoms with Gasteiger partial charge in [-0.1, -0.05) is 11.6 Å². The third-order valence-corrected chi connectivity index (χ3v) is 3.72. The number of aromatic nitrogens is 2. The molecule has 0 spiro atoms. The van der Waals surface area contributed by atoms with Crippen LogP contribution in [-0.2, 0) is 6.61 Å². The van der Waals surface area contributed by atoms with Gasteiger partial charge in [-0.05, 0) is 18.6 Å². The number of rotatable bonds is 3. The lowest BCUT2D eigenvalue weighted by atomic mass is 10.1. The van der Waals surface area contributed by atoms with E-state index >= 15 is 0 Å². The lowest BCUT2D eigenvalue weighted by Gasteiger charge is -1.98. The van der Waals surface area contributed by atoms with Gasteiger partial charge in [-0.3, -0.25) is 4.79 Å². The summed E-state index contributed by atoms with van der Waals surface area (Å²) in [6, 6.07) is 1.67. The summed E-state index contributed by atoms with van der Waals surface area (Å²) in [5.41, 5.74) is 1.03. The molecule has 0 unspecified atom stereocenters. The van der Waals surface area contributed by atoms with E-state index in [0.29, 0.717) is 4.88 Å². The molecule has 4 nitrogen and oxygen atoms in total. The summed E-state index contributed by atoms with van der Waals surface area (Å²) in [5.74, 6) is -0.219. The molecule has 2 aromatic heterocycles. The molecular weight excluding hydrogens is 260 g/mol. The van der Waals surface area contributed by atoms with E-state index < -0.39 is 0 Å². The third-order valence-electron chi connectivity index (χ3n) is 2.32. The first-order valence-corrected chi connectivity index (χ1v) is 6.03. The van der Waals surface area contributed by atoms with E-state index in [4.69, 9.17) is 16.7 Å². The zero-order chi connectivity index (χ0) is 12.4. The van der Waals surface area contributed by atoms with Crippen molar-refractivity contribution in [2.75, 3.05) is 0 Å². The minimum atomic E-state index is -0.219. The fourth-order valence-electron chi connectivity index (χ4n) is 1.39. The average Bonchev–Trinajstić information content (AvgIpc) is 2.70. The molecule has 0 saturated heterocycles. The molecular formula is C11H9ClN2O2S. The van der Waals surface area contributed by atoms with Gasteiger partial charge in [0, 0.05) is 11.1 Å². The predicted molar refractivity (Wildman–Crippen MR) is 65.5 cm³/mol. The van der Waals surface area contributed by atoms with Crippen LogP contribution < -0.4 is 0 Å². The Kier molecular flexibility index (Phi) is 3.51. The molecule has 0 saturated carbocycles. The molecule has 2 aromatic rings. The lowest BCUT2D eigenvalue weighted by molar-refractivity contribution is 0.104. The number of hydrogen-bond donors (Lipinski definition) is 1. The van der Waals surface area contributed by atoms with E-state index in [-0.39, 0.29) is 23.1 Å². The molecule has 0 fully saturated rings. The van der Waals surface area contributed by atoms with Gasteiger partial charge in [-0.15, -0.1) is 11.3 Å². The van der Waals surface area contributed by atoms with Crippen molar-refractivity contribution in [1.82, 2.24) is 9.97 Å². The molecule has 17 heavy (non-hydrogen) atoms. The van der Waals surface area contributed by atoms with E-state index in [2.05, 4.69) is 9.97 Å². The topological polar surface area (TPSA) is 63.1 Å². The van der Waals surface area contributed by atoms with Crippen molar-refractivity contribution in [2.24, 2.45) is 0 Å². The molecule has 0 radical (unpaired) electrons. The first-order valence-electron chi connectivity index (χ1n) is 4.84. The molecule has 2 rings (SSSR count). The molecule has 0 aromatic carbocycles. The SMILES string of the molecule is Cc1sc(C(=O)c2cncnc2Cl)cc1CO. The van der Waals surface area contributed by atoms with Crippen LogP contribution in [0.4, 0.5) is 0 Å². The van der Waals surface area contributed by atoms with Crippen LogP contribution in [0.2, 0.25) is 5.15 Å². The van der Waals surface area contributed by atoms with Gasteiger partial charge in [-0.25, -0.2) is 9.97 Å². The Balaban J connectivity index is 2.41. The van der Waals surface area contributed by atoms with Gasteiger partial charge in [0.05, 0.1) is 17.0 Å². The first kappa shape index (κ1) is 12.2. The molecule has 6 heteroatoms. The maximum Gasteiger partial charge on any atom is 0.207 e. The summed E-state index contributed by atoms with van der Waals surface area (Å²) < 4.78 is 0. The predicted octanol–water partition coefficient (Wildman–Crippen LogP) is 2.22. The van der Waals surface area contributed by atoms with Gasteiger partial charge in [0.2, 0.25) is 5.78 Å². The molecule has 0 aliphatic carbocycles. The van der Waals surface area contributed by atoms with Crippen molar-refractivity contribution >= 4 is 28.7 Å². The van der Waals surface area contributed by atoms with Crippen LogP contribution >= 0.6 is 22.9 Å². The van der Waals surface area contributed by atoms with Gasteiger partial charge in [0.15, 0.2) is 0 Å². The third kappa shape index (κ3) is 2.36. The van der Waals surface area contributed by atoms with Crippen molar-refractivity contribution < 1.29 is 9.90 Å². The number of aryl methyl sites for hydroxylation is 1.